The lowest BCUT2D eigenvalue weighted by molar-refractivity contribution is -0.0108. The number of hydrogen-bond acceptors (Lipinski definition) is 0. The molecule has 1 atom stereocenters. The van der Waals surface area contributed by atoms with Gasteiger partial charge in [-0.05, 0) is 6.16 Å². The van der Waals surface area contributed by atoms with Crippen LogP contribution in [0.1, 0.15) is 26.2 Å². The van der Waals surface area contributed by atoms with Crippen molar-refractivity contribution in [3.8, 4) is 0 Å². The Morgan fingerprint density at radius 3 is 2.22 bits per heavy atom. The van der Waals surface area contributed by atoms with Crippen molar-refractivity contribution in [2.75, 3.05) is 6.16 Å². The van der Waals surface area contributed by atoms with E-state index in [1.54, 1.807) is 6.92 Å². The van der Waals surface area contributed by atoms with Crippen LogP contribution < -0.4 is 0 Å². The molecule has 0 aliphatic rings. The number of halogens is 2. The zero-order valence-electron chi connectivity index (χ0n) is 5.66. The van der Waals surface area contributed by atoms with Crippen molar-refractivity contribution < 1.29 is 8.78 Å². The van der Waals surface area contributed by atoms with Gasteiger partial charge in [0, 0.05) is 12.8 Å². The summed E-state index contributed by atoms with van der Waals surface area (Å²) in [5, 5.41) is 0. The predicted molar refractivity (Wildman–Crippen MR) is 39.0 cm³/mol. The molecule has 0 saturated carbocycles. The Bertz CT molecular complexity index is 65.5. The van der Waals surface area contributed by atoms with Gasteiger partial charge >= 0.3 is 0 Å². The molecule has 0 fully saturated rings. The molecule has 0 nitrogen and oxygen atoms in total. The molecule has 0 rings (SSSR count). The highest BCUT2D eigenvalue weighted by atomic mass is 31.0. The summed E-state index contributed by atoms with van der Waals surface area (Å²) in [6.07, 6.45) is 1.09. The molecular weight excluding hydrogens is 141 g/mol. The van der Waals surface area contributed by atoms with Crippen LogP contribution in [0.3, 0.4) is 0 Å². The summed E-state index contributed by atoms with van der Waals surface area (Å²) in [6, 6.07) is 0. The zero-order chi connectivity index (χ0) is 7.33. The van der Waals surface area contributed by atoms with Crippen LogP contribution in [0.5, 0.6) is 0 Å². The van der Waals surface area contributed by atoms with Crippen molar-refractivity contribution in [3.63, 3.8) is 0 Å². The predicted octanol–water partition coefficient (Wildman–Crippen LogP) is 2.69. The summed E-state index contributed by atoms with van der Waals surface area (Å²) in [5.74, 6) is -2.42. The molecule has 0 amide bonds. The van der Waals surface area contributed by atoms with E-state index in [0.717, 1.165) is 0 Å². The highest BCUT2D eigenvalue weighted by molar-refractivity contribution is 7.16. The highest BCUT2D eigenvalue weighted by Crippen LogP contribution is 2.24. The SMILES string of the molecule is CCCC(F)(F)CCP. The van der Waals surface area contributed by atoms with E-state index in [1.807, 2.05) is 0 Å². The molecule has 1 unspecified atom stereocenters. The molecule has 0 aliphatic carbocycles. The van der Waals surface area contributed by atoms with E-state index in [9.17, 15) is 8.78 Å². The summed E-state index contributed by atoms with van der Waals surface area (Å²) in [7, 11) is 2.31. The minimum absolute atomic E-state index is 0.00546. The topological polar surface area (TPSA) is 0 Å². The monoisotopic (exact) mass is 154 g/mol. The van der Waals surface area contributed by atoms with Crippen molar-refractivity contribution in [1.82, 2.24) is 0 Å². The maximum atomic E-state index is 12.4. The molecule has 0 N–H and O–H groups in total. The van der Waals surface area contributed by atoms with Gasteiger partial charge in [-0.3, -0.25) is 0 Å². The molecule has 0 spiro atoms. The van der Waals surface area contributed by atoms with Crippen LogP contribution >= 0.6 is 9.24 Å². The lowest BCUT2D eigenvalue weighted by Gasteiger charge is -2.12. The molecule has 0 heterocycles. The van der Waals surface area contributed by atoms with Crippen LogP contribution in [0.25, 0.3) is 0 Å². The normalized spacial score (nSPS) is 12.0. The molecule has 0 aromatic carbocycles. The molecular formula is C6H13F2P. The van der Waals surface area contributed by atoms with Crippen LogP contribution in [-0.2, 0) is 0 Å². The lowest BCUT2D eigenvalue weighted by atomic mass is 10.1. The van der Waals surface area contributed by atoms with Crippen LogP contribution in [0.2, 0.25) is 0 Å². The van der Waals surface area contributed by atoms with Gasteiger partial charge in [-0.15, -0.1) is 9.24 Å². The average molecular weight is 154 g/mol. The minimum Gasteiger partial charge on any atom is -0.207 e. The largest absolute Gasteiger partial charge is 0.248 e. The van der Waals surface area contributed by atoms with E-state index in [-0.39, 0.29) is 12.8 Å². The molecule has 0 aliphatic heterocycles. The molecule has 0 radical (unpaired) electrons. The Kier molecular flexibility index (Phi) is 4.29. The Morgan fingerprint density at radius 2 is 1.89 bits per heavy atom. The van der Waals surface area contributed by atoms with Crippen molar-refractivity contribution in [2.45, 2.75) is 32.1 Å². The Morgan fingerprint density at radius 1 is 1.33 bits per heavy atom. The van der Waals surface area contributed by atoms with E-state index in [4.69, 9.17) is 0 Å². The van der Waals surface area contributed by atoms with Gasteiger partial charge in [0.15, 0.2) is 0 Å². The molecule has 0 aromatic rings. The van der Waals surface area contributed by atoms with Crippen molar-refractivity contribution >= 4 is 9.24 Å². The summed E-state index contributed by atoms with van der Waals surface area (Å²) < 4.78 is 24.8. The highest BCUT2D eigenvalue weighted by Gasteiger charge is 2.25. The van der Waals surface area contributed by atoms with Gasteiger partial charge in [0.05, 0.1) is 0 Å². The Labute approximate surface area is 57.2 Å². The maximum Gasteiger partial charge on any atom is 0.248 e. The number of hydrogen-bond donors (Lipinski definition) is 0. The fourth-order valence-corrected chi connectivity index (χ4v) is 1.12. The molecule has 0 bridgehead atoms. The van der Waals surface area contributed by atoms with E-state index >= 15 is 0 Å². The van der Waals surface area contributed by atoms with Gasteiger partial charge in [-0.1, -0.05) is 13.3 Å². The Hall–Kier alpha value is 0.290. The molecule has 56 valence electrons. The first-order valence-electron chi connectivity index (χ1n) is 3.20. The second-order valence-corrected chi connectivity index (χ2v) is 2.72. The van der Waals surface area contributed by atoms with E-state index in [1.165, 1.54) is 0 Å². The van der Waals surface area contributed by atoms with Crippen LogP contribution in [0.15, 0.2) is 0 Å². The first-order chi connectivity index (χ1) is 4.12. The standard InChI is InChI=1S/C6H13F2P/c1-2-3-6(7,8)4-5-9/h2-5,9H2,1H3. The Balaban J connectivity index is 3.43. The summed E-state index contributed by atoms with van der Waals surface area (Å²) in [5.41, 5.74) is 0. The minimum atomic E-state index is -2.42. The lowest BCUT2D eigenvalue weighted by Crippen LogP contribution is -2.15. The molecule has 0 aromatic heterocycles. The first-order valence-corrected chi connectivity index (χ1v) is 4.02. The maximum absolute atomic E-state index is 12.4. The van der Waals surface area contributed by atoms with Gasteiger partial charge in [0.1, 0.15) is 0 Å². The second-order valence-electron chi connectivity index (χ2n) is 2.14. The number of rotatable bonds is 4. The third-order valence-electron chi connectivity index (χ3n) is 1.13. The van der Waals surface area contributed by atoms with Gasteiger partial charge in [0.25, 0.3) is 0 Å². The van der Waals surface area contributed by atoms with Crippen molar-refractivity contribution in [3.05, 3.63) is 0 Å². The number of alkyl halides is 2. The zero-order valence-corrected chi connectivity index (χ0v) is 6.82. The smallest absolute Gasteiger partial charge is 0.207 e. The van der Waals surface area contributed by atoms with E-state index in [0.29, 0.717) is 12.6 Å². The van der Waals surface area contributed by atoms with Crippen molar-refractivity contribution in [2.24, 2.45) is 0 Å². The van der Waals surface area contributed by atoms with E-state index in [2.05, 4.69) is 9.24 Å². The summed E-state index contributed by atoms with van der Waals surface area (Å²) >= 11 is 0. The summed E-state index contributed by atoms with van der Waals surface area (Å²) in [4.78, 5) is 0. The van der Waals surface area contributed by atoms with Gasteiger partial charge in [-0.25, -0.2) is 8.78 Å². The molecule has 0 saturated heterocycles. The fourth-order valence-electron chi connectivity index (χ4n) is 0.702. The van der Waals surface area contributed by atoms with Crippen LogP contribution in [-0.4, -0.2) is 12.1 Å². The van der Waals surface area contributed by atoms with Gasteiger partial charge < -0.3 is 0 Å². The van der Waals surface area contributed by atoms with Crippen molar-refractivity contribution in [1.29, 1.82) is 0 Å². The molecule has 3 heteroatoms. The summed E-state index contributed by atoms with van der Waals surface area (Å²) in [6.45, 7) is 1.77. The average Bonchev–Trinajstić information content (AvgIpc) is 1.64. The van der Waals surface area contributed by atoms with Gasteiger partial charge in [0.2, 0.25) is 5.92 Å². The van der Waals surface area contributed by atoms with Crippen LogP contribution in [0, 0.1) is 0 Å². The van der Waals surface area contributed by atoms with Gasteiger partial charge in [-0.2, -0.15) is 0 Å². The molecule has 9 heavy (non-hydrogen) atoms. The third-order valence-corrected chi connectivity index (χ3v) is 1.41. The quantitative estimate of drug-likeness (QED) is 0.546. The third kappa shape index (κ3) is 4.77. The van der Waals surface area contributed by atoms with E-state index < -0.39 is 5.92 Å². The van der Waals surface area contributed by atoms with Crippen LogP contribution in [0.4, 0.5) is 8.78 Å². The second kappa shape index (κ2) is 4.16. The first kappa shape index (κ1) is 9.29. The fraction of sp³-hybridized carbons (Fsp3) is 1.00.